The first-order valence-corrected chi connectivity index (χ1v) is 13.6. The number of piperidine rings is 1. The molecule has 6 aliphatic rings. The Hall–Kier alpha value is -1.26. The van der Waals surface area contributed by atoms with Crippen LogP contribution < -0.4 is 0 Å². The van der Waals surface area contributed by atoms with Crippen molar-refractivity contribution in [2.24, 2.45) is 40.4 Å². The molecular weight excluding hydrogens is 466 g/mol. The first kappa shape index (κ1) is 25.0. The molecule has 5 saturated carbocycles. The summed E-state index contributed by atoms with van der Waals surface area (Å²) >= 11 is 0. The van der Waals surface area contributed by atoms with Crippen molar-refractivity contribution in [1.82, 2.24) is 4.90 Å². The SMILES string of the molecule is CCN1C[C@]2(CO)CCC(O)C34[C@@H]5C[C@@H]6C(OC(C)=O)[C@@H]5[C@](OC(C)=O)(C[C@@H]6OC)[C@@H](C(OC)[C@@H]32)[C@H]14. The third kappa shape index (κ3) is 2.69. The molecule has 2 N–H and O–H groups in total. The minimum atomic E-state index is -0.961. The summed E-state index contributed by atoms with van der Waals surface area (Å²) in [5.74, 6) is -1.41. The standard InChI is InChI=1S/C27H41NO8/c1-6-28-11-25(12-29)8-7-18(32)27-16-9-15-17(33-4)10-26(36-14(3)31,19(16)21(15)35-13(2)30)20(24(27)28)22(34-5)23(25)27/h15-24,29,32H,6-12H2,1-5H3/t15-,16+,17-,18?,19+,20-,21?,22?,23+,24-,25-,26+,27?/m0/s1. The molecule has 36 heavy (non-hydrogen) atoms. The highest BCUT2D eigenvalue weighted by Gasteiger charge is 2.87. The van der Waals surface area contributed by atoms with E-state index >= 15 is 0 Å². The highest BCUT2D eigenvalue weighted by molar-refractivity contribution is 5.68. The van der Waals surface area contributed by atoms with E-state index in [1.807, 2.05) is 0 Å². The second-order valence-corrected chi connectivity index (χ2v) is 12.4. The molecule has 5 aliphatic carbocycles. The molecule has 1 spiro atoms. The minimum absolute atomic E-state index is 0.0252. The Morgan fingerprint density at radius 3 is 2.42 bits per heavy atom. The maximum atomic E-state index is 12.8. The third-order valence-corrected chi connectivity index (χ3v) is 11.6. The van der Waals surface area contributed by atoms with Crippen LogP contribution in [0.5, 0.6) is 0 Å². The lowest BCUT2D eigenvalue weighted by atomic mass is 9.43. The maximum Gasteiger partial charge on any atom is 0.303 e. The van der Waals surface area contributed by atoms with Crippen LogP contribution in [0.15, 0.2) is 0 Å². The summed E-state index contributed by atoms with van der Waals surface area (Å²) in [5, 5.41) is 23.0. The lowest BCUT2D eigenvalue weighted by Crippen LogP contribution is -2.76. The number of rotatable bonds is 6. The van der Waals surface area contributed by atoms with Gasteiger partial charge in [-0.2, -0.15) is 0 Å². The summed E-state index contributed by atoms with van der Waals surface area (Å²) in [6.07, 6.45) is 0.966. The van der Waals surface area contributed by atoms with E-state index in [2.05, 4.69) is 11.8 Å². The van der Waals surface area contributed by atoms with Gasteiger partial charge in [-0.15, -0.1) is 0 Å². The van der Waals surface area contributed by atoms with Crippen LogP contribution >= 0.6 is 0 Å². The van der Waals surface area contributed by atoms with Crippen molar-refractivity contribution in [1.29, 1.82) is 0 Å². The third-order valence-electron chi connectivity index (χ3n) is 11.6. The molecule has 1 heterocycles. The molecule has 6 fully saturated rings. The van der Waals surface area contributed by atoms with Gasteiger partial charge in [-0.05, 0) is 31.7 Å². The van der Waals surface area contributed by atoms with Gasteiger partial charge in [0, 0.05) is 81.6 Å². The number of nitrogens with zero attached hydrogens (tertiary/aromatic N) is 1. The monoisotopic (exact) mass is 507 g/mol. The highest BCUT2D eigenvalue weighted by Crippen LogP contribution is 2.79. The van der Waals surface area contributed by atoms with Gasteiger partial charge in [0.2, 0.25) is 0 Å². The van der Waals surface area contributed by atoms with Crippen LogP contribution in [0, 0.1) is 40.4 Å². The number of esters is 2. The van der Waals surface area contributed by atoms with Crippen LogP contribution in [-0.2, 0) is 28.5 Å². The molecule has 9 heteroatoms. The summed E-state index contributed by atoms with van der Waals surface area (Å²) in [5.41, 5.74) is -1.92. The summed E-state index contributed by atoms with van der Waals surface area (Å²) in [4.78, 5) is 27.6. The first-order chi connectivity index (χ1) is 17.2. The van der Waals surface area contributed by atoms with E-state index in [0.717, 1.165) is 25.9 Å². The lowest BCUT2D eigenvalue weighted by molar-refractivity contribution is -0.277. The summed E-state index contributed by atoms with van der Waals surface area (Å²) < 4.78 is 24.9. The zero-order valence-electron chi connectivity index (χ0n) is 22.0. The number of hydrogen-bond acceptors (Lipinski definition) is 9. The van der Waals surface area contributed by atoms with E-state index in [9.17, 15) is 19.8 Å². The van der Waals surface area contributed by atoms with Crippen LogP contribution in [0.2, 0.25) is 0 Å². The summed E-state index contributed by atoms with van der Waals surface area (Å²) in [6, 6.07) is -0.0691. The number of ether oxygens (including phenoxy) is 4. The average Bonchev–Trinajstić information content (AvgIpc) is 3.26. The normalized spacial score (nSPS) is 54.3. The molecule has 1 aliphatic heterocycles. The molecule has 0 aromatic carbocycles. The van der Waals surface area contributed by atoms with Crippen LogP contribution in [0.1, 0.15) is 46.5 Å². The van der Waals surface area contributed by atoms with Gasteiger partial charge in [-0.25, -0.2) is 0 Å². The zero-order chi connectivity index (χ0) is 25.8. The van der Waals surface area contributed by atoms with Gasteiger partial charge in [0.05, 0.1) is 24.9 Å². The molecule has 9 nitrogen and oxygen atoms in total. The van der Waals surface area contributed by atoms with E-state index in [-0.39, 0.29) is 66.4 Å². The molecule has 0 radical (unpaired) electrons. The van der Waals surface area contributed by atoms with Crippen molar-refractivity contribution >= 4 is 11.9 Å². The molecule has 0 aromatic rings. The number of likely N-dealkylation sites (tertiary alicyclic amines) is 1. The lowest BCUT2D eigenvalue weighted by Gasteiger charge is -2.68. The van der Waals surface area contributed by atoms with Gasteiger partial charge in [0.15, 0.2) is 0 Å². The molecule has 1 saturated heterocycles. The Bertz CT molecular complexity index is 945. The largest absolute Gasteiger partial charge is 0.462 e. The fourth-order valence-corrected chi connectivity index (χ4v) is 11.1. The zero-order valence-corrected chi connectivity index (χ0v) is 22.0. The predicted octanol–water partition coefficient (Wildman–Crippen LogP) is 0.990. The van der Waals surface area contributed by atoms with E-state index in [4.69, 9.17) is 18.9 Å². The van der Waals surface area contributed by atoms with Gasteiger partial charge in [-0.1, -0.05) is 6.92 Å². The molecule has 0 amide bonds. The quantitative estimate of drug-likeness (QED) is 0.508. The van der Waals surface area contributed by atoms with Gasteiger partial charge in [0.25, 0.3) is 0 Å². The number of aliphatic hydroxyl groups excluding tert-OH is 2. The van der Waals surface area contributed by atoms with Gasteiger partial charge in [-0.3, -0.25) is 14.5 Å². The predicted molar refractivity (Wildman–Crippen MR) is 127 cm³/mol. The highest BCUT2D eigenvalue weighted by atomic mass is 16.6. The number of methoxy groups -OCH3 is 2. The Kier molecular flexibility index (Phi) is 5.65. The molecular formula is C27H41NO8. The number of fused-ring (bicyclic) bond motifs is 2. The van der Waals surface area contributed by atoms with Crippen LogP contribution in [-0.4, -0.2) is 97.0 Å². The van der Waals surface area contributed by atoms with Crippen molar-refractivity contribution in [2.45, 2.75) is 82.5 Å². The number of carbonyl (C=O) groups is 2. The first-order valence-electron chi connectivity index (χ1n) is 13.6. The van der Waals surface area contributed by atoms with Crippen LogP contribution in [0.4, 0.5) is 0 Å². The van der Waals surface area contributed by atoms with Crippen molar-refractivity contribution in [3.63, 3.8) is 0 Å². The Balaban J connectivity index is 1.65. The average molecular weight is 508 g/mol. The molecule has 202 valence electrons. The molecule has 7 bridgehead atoms. The van der Waals surface area contributed by atoms with E-state index in [1.54, 1.807) is 14.2 Å². The Labute approximate surface area is 212 Å². The Morgan fingerprint density at radius 2 is 1.83 bits per heavy atom. The fourth-order valence-electron chi connectivity index (χ4n) is 11.1. The minimum Gasteiger partial charge on any atom is -0.462 e. The van der Waals surface area contributed by atoms with Gasteiger partial charge < -0.3 is 29.2 Å². The van der Waals surface area contributed by atoms with Crippen molar-refractivity contribution in [3.8, 4) is 0 Å². The topological polar surface area (TPSA) is 115 Å². The molecule has 6 rings (SSSR count). The van der Waals surface area contributed by atoms with Crippen LogP contribution in [0.25, 0.3) is 0 Å². The second kappa shape index (κ2) is 8.12. The Morgan fingerprint density at radius 1 is 1.08 bits per heavy atom. The number of carbonyl (C=O) groups excluding carboxylic acids is 2. The molecule has 4 unspecified atom stereocenters. The summed E-state index contributed by atoms with van der Waals surface area (Å²) in [7, 11) is 3.38. The van der Waals surface area contributed by atoms with Gasteiger partial charge in [0.1, 0.15) is 11.7 Å². The van der Waals surface area contributed by atoms with Crippen molar-refractivity contribution in [2.75, 3.05) is 33.9 Å². The summed E-state index contributed by atoms with van der Waals surface area (Å²) in [6.45, 7) is 6.52. The van der Waals surface area contributed by atoms with E-state index < -0.39 is 28.6 Å². The molecule has 0 aromatic heterocycles. The fraction of sp³-hybridized carbons (Fsp3) is 0.926. The maximum absolute atomic E-state index is 12.8. The van der Waals surface area contributed by atoms with Crippen molar-refractivity contribution in [3.05, 3.63) is 0 Å². The van der Waals surface area contributed by atoms with Gasteiger partial charge >= 0.3 is 11.9 Å². The van der Waals surface area contributed by atoms with Crippen LogP contribution in [0.3, 0.4) is 0 Å². The number of hydrogen-bond donors (Lipinski definition) is 2. The van der Waals surface area contributed by atoms with E-state index in [1.165, 1.54) is 13.8 Å². The smallest absolute Gasteiger partial charge is 0.303 e. The van der Waals surface area contributed by atoms with E-state index in [0.29, 0.717) is 12.8 Å². The second-order valence-electron chi connectivity index (χ2n) is 12.4. The molecule has 13 atom stereocenters. The number of aliphatic hydroxyl groups is 2. The van der Waals surface area contributed by atoms with Crippen molar-refractivity contribution < 1.29 is 38.7 Å².